The van der Waals surface area contributed by atoms with Crippen molar-refractivity contribution >= 4 is 23.4 Å². The van der Waals surface area contributed by atoms with Crippen molar-refractivity contribution in [1.29, 1.82) is 5.26 Å². The summed E-state index contributed by atoms with van der Waals surface area (Å²) in [5, 5.41) is 8.88. The fraction of sp³-hybridized carbons (Fsp3) is 0.565. The molecule has 0 aliphatic carbocycles. The predicted molar refractivity (Wildman–Crippen MR) is 115 cm³/mol. The Hall–Kier alpha value is -2.88. The molecule has 1 aliphatic rings. The van der Waals surface area contributed by atoms with Gasteiger partial charge in [0.15, 0.2) is 0 Å². The smallest absolute Gasteiger partial charge is 0.227 e. The van der Waals surface area contributed by atoms with Gasteiger partial charge in [-0.05, 0) is 38.8 Å². The summed E-state index contributed by atoms with van der Waals surface area (Å²) in [4.78, 5) is 43.0. The number of rotatable bonds is 9. The summed E-state index contributed by atoms with van der Waals surface area (Å²) in [5.41, 5.74) is 0.737. The van der Waals surface area contributed by atoms with Crippen LogP contribution in [0.2, 0.25) is 0 Å². The molecule has 3 amide bonds. The molecule has 1 heterocycles. The van der Waals surface area contributed by atoms with E-state index in [1.165, 1.54) is 0 Å². The Morgan fingerprint density at radius 2 is 1.70 bits per heavy atom. The van der Waals surface area contributed by atoms with Gasteiger partial charge in [-0.1, -0.05) is 18.2 Å². The zero-order chi connectivity index (χ0) is 21.9. The van der Waals surface area contributed by atoms with Gasteiger partial charge in [0.25, 0.3) is 0 Å². The molecule has 0 bridgehead atoms. The second-order valence-electron chi connectivity index (χ2n) is 7.45. The SMILES string of the molecule is CCN(CC)C(=O)C1CCN(C(=O)CCC(=O)N(CCC#N)c2ccccc2)CC1. The summed E-state index contributed by atoms with van der Waals surface area (Å²) in [5.74, 6) is -0.0461. The van der Waals surface area contributed by atoms with E-state index in [9.17, 15) is 14.4 Å². The lowest BCUT2D eigenvalue weighted by molar-refractivity contribution is -0.140. The molecule has 162 valence electrons. The molecule has 1 aromatic carbocycles. The summed E-state index contributed by atoms with van der Waals surface area (Å²) in [6.45, 7) is 6.80. The van der Waals surface area contributed by atoms with Crippen LogP contribution < -0.4 is 4.90 Å². The first-order valence-electron chi connectivity index (χ1n) is 10.8. The third-order valence-electron chi connectivity index (χ3n) is 5.64. The Bertz CT molecular complexity index is 747. The number of likely N-dealkylation sites (tertiary alicyclic amines) is 1. The van der Waals surface area contributed by atoms with E-state index in [1.807, 2.05) is 49.1 Å². The highest BCUT2D eigenvalue weighted by atomic mass is 16.2. The average molecular weight is 413 g/mol. The van der Waals surface area contributed by atoms with Crippen molar-refractivity contribution in [2.45, 2.75) is 46.0 Å². The number of anilines is 1. The number of hydrogen-bond donors (Lipinski definition) is 0. The predicted octanol–water partition coefficient (Wildman–Crippen LogP) is 2.82. The van der Waals surface area contributed by atoms with Gasteiger partial charge in [-0.2, -0.15) is 5.26 Å². The quantitative estimate of drug-likeness (QED) is 0.624. The van der Waals surface area contributed by atoms with E-state index in [-0.39, 0.29) is 42.9 Å². The van der Waals surface area contributed by atoms with Crippen molar-refractivity contribution in [2.24, 2.45) is 5.92 Å². The topological polar surface area (TPSA) is 84.7 Å². The molecule has 0 N–H and O–H groups in total. The van der Waals surface area contributed by atoms with Crippen LogP contribution in [0, 0.1) is 17.2 Å². The molecule has 0 saturated carbocycles. The first-order chi connectivity index (χ1) is 14.5. The standard InChI is InChI=1S/C23H32N4O3/c1-3-25(4-2)23(30)19-13-17-26(18-14-19)21(28)11-12-22(29)27(16-8-15-24)20-9-6-5-7-10-20/h5-7,9-10,19H,3-4,8,11-14,16-18H2,1-2H3. The van der Waals surface area contributed by atoms with Crippen molar-refractivity contribution in [2.75, 3.05) is 37.6 Å². The molecule has 30 heavy (non-hydrogen) atoms. The normalized spacial score (nSPS) is 14.1. The van der Waals surface area contributed by atoms with Gasteiger partial charge in [-0.15, -0.1) is 0 Å². The zero-order valence-electron chi connectivity index (χ0n) is 18.0. The summed E-state index contributed by atoms with van der Waals surface area (Å²) in [7, 11) is 0. The summed E-state index contributed by atoms with van der Waals surface area (Å²) in [6.07, 6.45) is 1.84. The van der Waals surface area contributed by atoms with Crippen LogP contribution in [0.25, 0.3) is 0 Å². The molecule has 0 aromatic heterocycles. The van der Waals surface area contributed by atoms with E-state index in [4.69, 9.17) is 5.26 Å². The molecular weight excluding hydrogens is 380 g/mol. The number of hydrogen-bond acceptors (Lipinski definition) is 4. The number of benzene rings is 1. The number of piperidine rings is 1. The van der Waals surface area contributed by atoms with Crippen LogP contribution in [-0.2, 0) is 14.4 Å². The molecule has 1 saturated heterocycles. The largest absolute Gasteiger partial charge is 0.343 e. The van der Waals surface area contributed by atoms with E-state index in [0.29, 0.717) is 45.6 Å². The van der Waals surface area contributed by atoms with Crippen LogP contribution >= 0.6 is 0 Å². The molecule has 0 unspecified atom stereocenters. The molecule has 0 atom stereocenters. The lowest BCUT2D eigenvalue weighted by atomic mass is 9.95. The van der Waals surface area contributed by atoms with Gasteiger partial charge in [0, 0.05) is 57.2 Å². The van der Waals surface area contributed by atoms with E-state index < -0.39 is 0 Å². The van der Waals surface area contributed by atoms with E-state index >= 15 is 0 Å². The van der Waals surface area contributed by atoms with Gasteiger partial charge in [-0.25, -0.2) is 0 Å². The Kier molecular flexibility index (Phi) is 9.33. The molecule has 7 heteroatoms. The number of para-hydroxylation sites is 1. The van der Waals surface area contributed by atoms with Crippen LogP contribution in [0.3, 0.4) is 0 Å². The van der Waals surface area contributed by atoms with Crippen molar-refractivity contribution in [3.63, 3.8) is 0 Å². The van der Waals surface area contributed by atoms with Crippen LogP contribution in [0.4, 0.5) is 5.69 Å². The van der Waals surface area contributed by atoms with E-state index in [0.717, 1.165) is 5.69 Å². The van der Waals surface area contributed by atoms with Gasteiger partial charge in [-0.3, -0.25) is 14.4 Å². The lowest BCUT2D eigenvalue weighted by Crippen LogP contribution is -2.44. The Morgan fingerprint density at radius 3 is 2.27 bits per heavy atom. The van der Waals surface area contributed by atoms with Crippen LogP contribution in [0.15, 0.2) is 30.3 Å². The van der Waals surface area contributed by atoms with Gasteiger partial charge in [0.05, 0.1) is 12.5 Å². The number of nitrogens with zero attached hydrogens (tertiary/aromatic N) is 4. The van der Waals surface area contributed by atoms with E-state index in [2.05, 4.69) is 6.07 Å². The number of carbonyl (C=O) groups is 3. The third-order valence-corrected chi connectivity index (χ3v) is 5.64. The van der Waals surface area contributed by atoms with Crippen molar-refractivity contribution < 1.29 is 14.4 Å². The second kappa shape index (κ2) is 12.0. The average Bonchev–Trinajstić information content (AvgIpc) is 2.79. The molecule has 1 aliphatic heterocycles. The number of nitriles is 1. The Labute approximate surface area is 179 Å². The first kappa shape index (κ1) is 23.4. The highest BCUT2D eigenvalue weighted by Gasteiger charge is 2.29. The highest BCUT2D eigenvalue weighted by Crippen LogP contribution is 2.21. The van der Waals surface area contributed by atoms with Gasteiger partial charge < -0.3 is 14.7 Å². The zero-order valence-corrected chi connectivity index (χ0v) is 18.0. The van der Waals surface area contributed by atoms with Crippen molar-refractivity contribution in [3.05, 3.63) is 30.3 Å². The van der Waals surface area contributed by atoms with Crippen LogP contribution in [0.5, 0.6) is 0 Å². The molecule has 1 fully saturated rings. The third kappa shape index (κ3) is 6.31. The van der Waals surface area contributed by atoms with Crippen molar-refractivity contribution in [1.82, 2.24) is 9.80 Å². The Balaban J connectivity index is 1.85. The minimum Gasteiger partial charge on any atom is -0.343 e. The second-order valence-corrected chi connectivity index (χ2v) is 7.45. The summed E-state index contributed by atoms with van der Waals surface area (Å²) < 4.78 is 0. The van der Waals surface area contributed by atoms with Crippen LogP contribution in [-0.4, -0.2) is 60.2 Å². The Morgan fingerprint density at radius 1 is 1.07 bits per heavy atom. The fourth-order valence-corrected chi connectivity index (χ4v) is 3.84. The maximum Gasteiger partial charge on any atom is 0.227 e. The molecular formula is C23H32N4O3. The summed E-state index contributed by atoms with van der Waals surface area (Å²) in [6, 6.07) is 11.3. The number of carbonyl (C=O) groups excluding carboxylic acids is 3. The molecule has 2 rings (SSSR count). The molecule has 0 radical (unpaired) electrons. The minimum atomic E-state index is -0.156. The summed E-state index contributed by atoms with van der Waals surface area (Å²) >= 11 is 0. The molecule has 1 aromatic rings. The number of amides is 3. The fourth-order valence-electron chi connectivity index (χ4n) is 3.84. The monoisotopic (exact) mass is 412 g/mol. The highest BCUT2D eigenvalue weighted by molar-refractivity contribution is 5.95. The lowest BCUT2D eigenvalue weighted by Gasteiger charge is -2.34. The van der Waals surface area contributed by atoms with Gasteiger partial charge >= 0.3 is 0 Å². The first-order valence-corrected chi connectivity index (χ1v) is 10.8. The van der Waals surface area contributed by atoms with E-state index in [1.54, 1.807) is 9.80 Å². The van der Waals surface area contributed by atoms with Gasteiger partial charge in [0.2, 0.25) is 17.7 Å². The van der Waals surface area contributed by atoms with Crippen molar-refractivity contribution in [3.8, 4) is 6.07 Å². The molecule has 0 spiro atoms. The maximum atomic E-state index is 12.7. The minimum absolute atomic E-state index is 0.0184. The van der Waals surface area contributed by atoms with Crippen LogP contribution in [0.1, 0.15) is 46.0 Å². The molecule has 7 nitrogen and oxygen atoms in total. The maximum absolute atomic E-state index is 12.7. The van der Waals surface area contributed by atoms with Gasteiger partial charge in [0.1, 0.15) is 0 Å².